The van der Waals surface area contributed by atoms with Gasteiger partial charge in [-0.2, -0.15) is 10.2 Å². The Bertz CT molecular complexity index is 1110. The van der Waals surface area contributed by atoms with Gasteiger partial charge in [0.25, 0.3) is 0 Å². The molecule has 0 saturated carbocycles. The van der Waals surface area contributed by atoms with E-state index in [-0.39, 0.29) is 28.8 Å². The highest BCUT2D eigenvalue weighted by molar-refractivity contribution is 9.10. The van der Waals surface area contributed by atoms with Crippen molar-refractivity contribution in [2.45, 2.75) is 6.92 Å². The molecule has 0 atom stereocenters. The van der Waals surface area contributed by atoms with Crippen molar-refractivity contribution in [2.75, 3.05) is 18.1 Å². The van der Waals surface area contributed by atoms with Crippen molar-refractivity contribution in [1.82, 2.24) is 9.97 Å². The summed E-state index contributed by atoms with van der Waals surface area (Å²) in [4.78, 5) is 20.4. The van der Waals surface area contributed by atoms with Gasteiger partial charge in [-0.25, -0.2) is 9.78 Å². The molecular formula is C20H16BrN5O3. The number of esters is 1. The maximum atomic E-state index is 12.5. The second-order valence-corrected chi connectivity index (χ2v) is 6.63. The smallest absolute Gasteiger partial charge is 0.343 e. The summed E-state index contributed by atoms with van der Waals surface area (Å²) in [6.45, 7) is 2.12. The molecule has 0 unspecified atom stereocenters. The minimum atomic E-state index is -0.534. The molecule has 3 rings (SSSR count). The number of nitrogen functional groups attached to an aromatic ring is 2. The lowest BCUT2D eigenvalue weighted by Crippen LogP contribution is -2.10. The van der Waals surface area contributed by atoms with Gasteiger partial charge in [-0.15, -0.1) is 0 Å². The zero-order chi connectivity index (χ0) is 21.0. The number of anilines is 2. The van der Waals surface area contributed by atoms with Gasteiger partial charge in [-0.1, -0.05) is 18.2 Å². The molecule has 0 aliphatic carbocycles. The van der Waals surface area contributed by atoms with Crippen molar-refractivity contribution in [3.8, 4) is 28.8 Å². The van der Waals surface area contributed by atoms with Crippen LogP contribution in [0.1, 0.15) is 22.8 Å². The third-order valence-corrected chi connectivity index (χ3v) is 4.44. The van der Waals surface area contributed by atoms with Gasteiger partial charge >= 0.3 is 5.97 Å². The normalized spacial score (nSPS) is 10.2. The molecule has 1 aromatic heterocycles. The molecule has 0 amide bonds. The monoisotopic (exact) mass is 453 g/mol. The Morgan fingerprint density at radius 2 is 1.93 bits per heavy atom. The molecule has 0 saturated heterocycles. The fourth-order valence-electron chi connectivity index (χ4n) is 2.61. The van der Waals surface area contributed by atoms with Gasteiger partial charge in [0.05, 0.1) is 22.3 Å². The van der Waals surface area contributed by atoms with Gasteiger partial charge in [0, 0.05) is 5.56 Å². The molecule has 29 heavy (non-hydrogen) atoms. The van der Waals surface area contributed by atoms with E-state index in [0.717, 1.165) is 0 Å². The number of carbonyl (C=O) groups excluding carboxylic acids is 1. The lowest BCUT2D eigenvalue weighted by Gasteiger charge is -2.15. The maximum Gasteiger partial charge on any atom is 0.343 e. The van der Waals surface area contributed by atoms with Crippen LogP contribution in [0.4, 0.5) is 11.8 Å². The first-order valence-electron chi connectivity index (χ1n) is 8.51. The third kappa shape index (κ3) is 4.28. The van der Waals surface area contributed by atoms with Crippen molar-refractivity contribution in [3.63, 3.8) is 0 Å². The molecule has 9 heteroatoms. The number of carbonyl (C=O) groups is 1. The minimum absolute atomic E-state index is 0.0244. The Morgan fingerprint density at radius 3 is 2.59 bits per heavy atom. The van der Waals surface area contributed by atoms with Crippen molar-refractivity contribution in [3.05, 3.63) is 58.1 Å². The van der Waals surface area contributed by atoms with Crippen LogP contribution in [0.15, 0.2) is 46.9 Å². The maximum absolute atomic E-state index is 12.5. The highest BCUT2D eigenvalue weighted by Gasteiger charge is 2.20. The summed E-state index contributed by atoms with van der Waals surface area (Å²) < 4.78 is 11.6. The van der Waals surface area contributed by atoms with Gasteiger partial charge in [0.2, 0.25) is 5.95 Å². The van der Waals surface area contributed by atoms with E-state index in [1.165, 1.54) is 0 Å². The summed E-state index contributed by atoms with van der Waals surface area (Å²) in [5.74, 6) is -0.124. The van der Waals surface area contributed by atoms with Gasteiger partial charge in [0.1, 0.15) is 17.5 Å². The number of benzene rings is 2. The average Bonchev–Trinajstić information content (AvgIpc) is 2.70. The molecule has 0 radical (unpaired) electrons. The third-order valence-electron chi connectivity index (χ3n) is 3.85. The first-order chi connectivity index (χ1) is 13.9. The van der Waals surface area contributed by atoms with E-state index in [9.17, 15) is 10.1 Å². The second kappa shape index (κ2) is 8.58. The van der Waals surface area contributed by atoms with Crippen LogP contribution >= 0.6 is 15.9 Å². The van der Waals surface area contributed by atoms with Crippen LogP contribution in [0.3, 0.4) is 0 Å². The molecule has 3 aromatic rings. The quantitative estimate of drug-likeness (QED) is 0.441. The molecule has 4 N–H and O–H groups in total. The van der Waals surface area contributed by atoms with Gasteiger partial charge in [0.15, 0.2) is 11.5 Å². The van der Waals surface area contributed by atoms with Crippen LogP contribution in [0.2, 0.25) is 0 Å². The first kappa shape index (κ1) is 20.1. The Hall–Kier alpha value is -3.64. The van der Waals surface area contributed by atoms with Crippen molar-refractivity contribution >= 4 is 33.7 Å². The average molecular weight is 454 g/mol. The molecule has 0 aliphatic rings. The number of rotatable bonds is 5. The van der Waals surface area contributed by atoms with E-state index in [1.54, 1.807) is 49.4 Å². The topological polar surface area (TPSA) is 137 Å². The van der Waals surface area contributed by atoms with E-state index in [1.807, 2.05) is 6.07 Å². The lowest BCUT2D eigenvalue weighted by molar-refractivity contribution is 0.0727. The summed E-state index contributed by atoms with van der Waals surface area (Å²) in [6, 6.07) is 13.8. The zero-order valence-electron chi connectivity index (χ0n) is 15.3. The lowest BCUT2D eigenvalue weighted by atomic mass is 10.1. The number of nitrogens with zero attached hydrogens (tertiary/aromatic N) is 3. The molecule has 0 fully saturated rings. The van der Waals surface area contributed by atoms with Gasteiger partial charge in [-0.05, 0) is 47.1 Å². The summed E-state index contributed by atoms with van der Waals surface area (Å²) in [5.41, 5.74) is 12.7. The van der Waals surface area contributed by atoms with E-state index in [0.29, 0.717) is 28.0 Å². The molecule has 0 spiro atoms. The van der Waals surface area contributed by atoms with Crippen LogP contribution in [0.5, 0.6) is 11.5 Å². The number of nitriles is 1. The number of aromatic nitrogens is 2. The fourth-order valence-corrected chi connectivity index (χ4v) is 3.13. The molecule has 8 nitrogen and oxygen atoms in total. The largest absolute Gasteiger partial charge is 0.490 e. The summed E-state index contributed by atoms with van der Waals surface area (Å²) in [5, 5.41) is 9.43. The number of nitrogens with two attached hydrogens (primary N) is 2. The Balaban J connectivity index is 2.09. The van der Waals surface area contributed by atoms with Gasteiger partial charge in [-0.3, -0.25) is 0 Å². The Labute approximate surface area is 175 Å². The molecule has 0 aliphatic heterocycles. The van der Waals surface area contributed by atoms with Crippen LogP contribution in [-0.4, -0.2) is 22.5 Å². The summed E-state index contributed by atoms with van der Waals surface area (Å²) in [6.07, 6.45) is 0. The molecule has 146 valence electrons. The minimum Gasteiger partial charge on any atom is -0.490 e. The highest BCUT2D eigenvalue weighted by atomic mass is 79.9. The number of hydrogen-bond donors (Lipinski definition) is 2. The van der Waals surface area contributed by atoms with E-state index >= 15 is 0 Å². The summed E-state index contributed by atoms with van der Waals surface area (Å²) >= 11 is 3.40. The number of ether oxygens (including phenoxy) is 2. The molecule has 2 aromatic carbocycles. The fraction of sp³-hybridized carbons (Fsp3) is 0.100. The standard InChI is InChI=1S/C20H16BrN5O3/c1-2-28-15-9-12(16-13(10-22)18(23)26-20(24)25-16)8-14(21)17(15)29-19(27)11-6-4-3-5-7-11/h3-9H,2H2,1H3,(H4,23,24,25,26). The predicted molar refractivity (Wildman–Crippen MR) is 111 cm³/mol. The van der Waals surface area contributed by atoms with Crippen LogP contribution in [0.25, 0.3) is 11.3 Å². The summed E-state index contributed by atoms with van der Waals surface area (Å²) in [7, 11) is 0. The predicted octanol–water partition coefficient (Wildman–Crippen LogP) is 3.56. The second-order valence-electron chi connectivity index (χ2n) is 5.78. The number of halogens is 1. The Kier molecular flexibility index (Phi) is 5.95. The van der Waals surface area contributed by atoms with E-state index in [4.69, 9.17) is 20.9 Å². The Morgan fingerprint density at radius 1 is 1.21 bits per heavy atom. The highest BCUT2D eigenvalue weighted by Crippen LogP contribution is 2.41. The zero-order valence-corrected chi connectivity index (χ0v) is 16.9. The van der Waals surface area contributed by atoms with Crippen molar-refractivity contribution < 1.29 is 14.3 Å². The van der Waals surface area contributed by atoms with Gasteiger partial charge < -0.3 is 20.9 Å². The first-order valence-corrected chi connectivity index (χ1v) is 9.31. The molecule has 0 bridgehead atoms. The van der Waals surface area contributed by atoms with E-state index in [2.05, 4.69) is 25.9 Å². The molecule has 1 heterocycles. The SMILES string of the molecule is CCOc1cc(-c2nc(N)nc(N)c2C#N)cc(Br)c1OC(=O)c1ccccc1. The van der Waals surface area contributed by atoms with Crippen LogP contribution < -0.4 is 20.9 Å². The van der Waals surface area contributed by atoms with Crippen LogP contribution in [-0.2, 0) is 0 Å². The van der Waals surface area contributed by atoms with E-state index < -0.39 is 5.97 Å². The van der Waals surface area contributed by atoms with Crippen molar-refractivity contribution in [2.24, 2.45) is 0 Å². The number of hydrogen-bond acceptors (Lipinski definition) is 8. The molecular weight excluding hydrogens is 438 g/mol. The van der Waals surface area contributed by atoms with Crippen LogP contribution in [0, 0.1) is 11.3 Å². The van der Waals surface area contributed by atoms with Crippen molar-refractivity contribution in [1.29, 1.82) is 5.26 Å².